The maximum absolute atomic E-state index is 11.3. The minimum atomic E-state index is -0.0713. The SMILES string of the molecule is CCc1nc(NCCC2CCC2)cc(=O)[nH]1. The van der Waals surface area contributed by atoms with Gasteiger partial charge in [0.25, 0.3) is 5.56 Å². The number of aryl methyl sites for hydroxylation is 1. The standard InChI is InChI=1S/C12H19N3O/c1-2-10-14-11(8-12(16)15-10)13-7-6-9-4-3-5-9/h8-9H,2-7H2,1H3,(H2,13,14,15,16). The zero-order chi connectivity index (χ0) is 11.4. The minimum Gasteiger partial charge on any atom is -0.370 e. The van der Waals surface area contributed by atoms with Crippen molar-refractivity contribution in [1.82, 2.24) is 9.97 Å². The van der Waals surface area contributed by atoms with Gasteiger partial charge >= 0.3 is 0 Å². The summed E-state index contributed by atoms with van der Waals surface area (Å²) in [5.41, 5.74) is -0.0713. The van der Waals surface area contributed by atoms with Crippen molar-refractivity contribution in [3.8, 4) is 0 Å². The average Bonchev–Trinajstić information content (AvgIpc) is 2.21. The largest absolute Gasteiger partial charge is 0.370 e. The predicted octanol–water partition coefficient (Wildman–Crippen LogP) is 1.93. The smallest absolute Gasteiger partial charge is 0.252 e. The number of aromatic nitrogens is 2. The number of rotatable bonds is 5. The summed E-state index contributed by atoms with van der Waals surface area (Å²) in [4.78, 5) is 18.3. The van der Waals surface area contributed by atoms with E-state index < -0.39 is 0 Å². The van der Waals surface area contributed by atoms with Crippen LogP contribution in [0.2, 0.25) is 0 Å². The lowest BCUT2D eigenvalue weighted by Gasteiger charge is -2.25. The van der Waals surface area contributed by atoms with Gasteiger partial charge in [0.2, 0.25) is 0 Å². The zero-order valence-electron chi connectivity index (χ0n) is 9.75. The lowest BCUT2D eigenvalue weighted by molar-refractivity contribution is 0.303. The Balaban J connectivity index is 1.87. The molecule has 0 aliphatic heterocycles. The lowest BCUT2D eigenvalue weighted by Crippen LogP contribution is -2.18. The second kappa shape index (κ2) is 5.14. The molecule has 1 saturated carbocycles. The molecule has 2 rings (SSSR count). The van der Waals surface area contributed by atoms with E-state index in [9.17, 15) is 4.79 Å². The molecule has 1 fully saturated rings. The van der Waals surface area contributed by atoms with Crippen LogP contribution in [0, 0.1) is 5.92 Å². The molecule has 1 heterocycles. The lowest BCUT2D eigenvalue weighted by atomic mass is 9.83. The zero-order valence-corrected chi connectivity index (χ0v) is 9.75. The molecule has 1 aliphatic rings. The number of hydrogen-bond acceptors (Lipinski definition) is 3. The van der Waals surface area contributed by atoms with E-state index in [1.165, 1.54) is 31.7 Å². The highest BCUT2D eigenvalue weighted by Gasteiger charge is 2.16. The van der Waals surface area contributed by atoms with Crippen LogP contribution in [0.3, 0.4) is 0 Å². The van der Waals surface area contributed by atoms with Crippen molar-refractivity contribution in [2.45, 2.75) is 39.0 Å². The van der Waals surface area contributed by atoms with Crippen molar-refractivity contribution in [1.29, 1.82) is 0 Å². The first-order valence-corrected chi connectivity index (χ1v) is 6.12. The summed E-state index contributed by atoms with van der Waals surface area (Å²) in [6, 6.07) is 1.53. The summed E-state index contributed by atoms with van der Waals surface area (Å²) < 4.78 is 0. The van der Waals surface area contributed by atoms with Crippen LogP contribution in [0.25, 0.3) is 0 Å². The summed E-state index contributed by atoms with van der Waals surface area (Å²) in [5.74, 6) is 2.35. The van der Waals surface area contributed by atoms with Crippen LogP contribution in [0.5, 0.6) is 0 Å². The van der Waals surface area contributed by atoms with Crippen LogP contribution < -0.4 is 10.9 Å². The topological polar surface area (TPSA) is 57.8 Å². The first-order chi connectivity index (χ1) is 7.78. The molecule has 1 aromatic rings. The highest BCUT2D eigenvalue weighted by atomic mass is 16.1. The molecule has 0 saturated heterocycles. The number of nitrogens with one attached hydrogen (secondary N) is 2. The molecule has 4 heteroatoms. The fraction of sp³-hybridized carbons (Fsp3) is 0.667. The van der Waals surface area contributed by atoms with E-state index in [-0.39, 0.29) is 5.56 Å². The maximum atomic E-state index is 11.3. The van der Waals surface area contributed by atoms with Gasteiger partial charge in [-0.25, -0.2) is 4.98 Å². The monoisotopic (exact) mass is 221 g/mol. The van der Waals surface area contributed by atoms with Crippen LogP contribution in [-0.2, 0) is 6.42 Å². The van der Waals surface area contributed by atoms with Crippen molar-refractivity contribution in [3.05, 3.63) is 22.2 Å². The van der Waals surface area contributed by atoms with Gasteiger partial charge in [-0.15, -0.1) is 0 Å². The third kappa shape index (κ3) is 2.84. The molecule has 88 valence electrons. The van der Waals surface area contributed by atoms with Crippen molar-refractivity contribution < 1.29 is 0 Å². The molecule has 0 unspecified atom stereocenters. The Morgan fingerprint density at radius 2 is 2.38 bits per heavy atom. The fourth-order valence-corrected chi connectivity index (χ4v) is 1.95. The number of aromatic amines is 1. The minimum absolute atomic E-state index is 0.0713. The maximum Gasteiger partial charge on any atom is 0.252 e. The van der Waals surface area contributed by atoms with Gasteiger partial charge in [-0.2, -0.15) is 0 Å². The van der Waals surface area contributed by atoms with E-state index in [4.69, 9.17) is 0 Å². The van der Waals surface area contributed by atoms with E-state index in [2.05, 4.69) is 15.3 Å². The van der Waals surface area contributed by atoms with E-state index in [0.717, 1.165) is 24.7 Å². The second-order valence-corrected chi connectivity index (χ2v) is 4.44. The van der Waals surface area contributed by atoms with Crippen LogP contribution in [0.4, 0.5) is 5.82 Å². The summed E-state index contributed by atoms with van der Waals surface area (Å²) in [6.07, 6.45) is 6.06. The van der Waals surface area contributed by atoms with Crippen LogP contribution >= 0.6 is 0 Å². The molecule has 2 N–H and O–H groups in total. The van der Waals surface area contributed by atoms with Crippen molar-refractivity contribution in [2.75, 3.05) is 11.9 Å². The van der Waals surface area contributed by atoms with Crippen LogP contribution in [-0.4, -0.2) is 16.5 Å². The molecule has 0 amide bonds. The van der Waals surface area contributed by atoms with Gasteiger partial charge in [0, 0.05) is 19.0 Å². The quantitative estimate of drug-likeness (QED) is 0.798. The molecule has 0 spiro atoms. The third-order valence-corrected chi connectivity index (χ3v) is 3.21. The first-order valence-electron chi connectivity index (χ1n) is 6.12. The van der Waals surface area contributed by atoms with E-state index >= 15 is 0 Å². The Morgan fingerprint density at radius 3 is 3.00 bits per heavy atom. The first kappa shape index (κ1) is 11.2. The number of nitrogens with zero attached hydrogens (tertiary/aromatic N) is 1. The summed E-state index contributed by atoms with van der Waals surface area (Å²) in [5, 5.41) is 3.23. The van der Waals surface area contributed by atoms with Crippen molar-refractivity contribution in [3.63, 3.8) is 0 Å². The molecular weight excluding hydrogens is 202 g/mol. The normalized spacial score (nSPS) is 15.8. The molecule has 1 aromatic heterocycles. The van der Waals surface area contributed by atoms with Crippen LogP contribution in [0.15, 0.2) is 10.9 Å². The van der Waals surface area contributed by atoms with Crippen molar-refractivity contribution >= 4 is 5.82 Å². The Bertz CT molecular complexity index is 395. The molecule has 0 aromatic carbocycles. The van der Waals surface area contributed by atoms with E-state index in [0.29, 0.717) is 5.82 Å². The second-order valence-electron chi connectivity index (χ2n) is 4.44. The number of H-pyrrole nitrogens is 1. The van der Waals surface area contributed by atoms with E-state index in [1.54, 1.807) is 0 Å². The Hall–Kier alpha value is -1.32. The van der Waals surface area contributed by atoms with Gasteiger partial charge in [0.05, 0.1) is 0 Å². The summed E-state index contributed by atoms with van der Waals surface area (Å²) in [7, 11) is 0. The van der Waals surface area contributed by atoms with Gasteiger partial charge in [-0.3, -0.25) is 4.79 Å². The van der Waals surface area contributed by atoms with Gasteiger partial charge in [0.1, 0.15) is 11.6 Å². The Labute approximate surface area is 95.5 Å². The van der Waals surface area contributed by atoms with Crippen LogP contribution in [0.1, 0.15) is 38.4 Å². The average molecular weight is 221 g/mol. The molecule has 16 heavy (non-hydrogen) atoms. The highest BCUT2D eigenvalue weighted by molar-refractivity contribution is 5.32. The molecule has 0 bridgehead atoms. The van der Waals surface area contributed by atoms with Gasteiger partial charge in [-0.1, -0.05) is 26.2 Å². The molecular formula is C12H19N3O. The summed E-state index contributed by atoms with van der Waals surface area (Å²) >= 11 is 0. The number of anilines is 1. The van der Waals surface area contributed by atoms with E-state index in [1.807, 2.05) is 6.92 Å². The summed E-state index contributed by atoms with van der Waals surface area (Å²) in [6.45, 7) is 2.90. The van der Waals surface area contributed by atoms with Gasteiger partial charge in [0.15, 0.2) is 0 Å². The fourth-order valence-electron chi connectivity index (χ4n) is 1.95. The van der Waals surface area contributed by atoms with Crippen molar-refractivity contribution in [2.24, 2.45) is 5.92 Å². The predicted molar refractivity (Wildman–Crippen MR) is 64.7 cm³/mol. The Kier molecular flexibility index (Phi) is 3.59. The molecule has 1 aliphatic carbocycles. The molecule has 0 atom stereocenters. The van der Waals surface area contributed by atoms with Gasteiger partial charge in [-0.05, 0) is 12.3 Å². The third-order valence-electron chi connectivity index (χ3n) is 3.21. The number of hydrogen-bond donors (Lipinski definition) is 2. The Morgan fingerprint density at radius 1 is 1.56 bits per heavy atom. The molecule has 0 radical (unpaired) electrons. The highest BCUT2D eigenvalue weighted by Crippen LogP contribution is 2.28. The van der Waals surface area contributed by atoms with Gasteiger partial charge < -0.3 is 10.3 Å². The molecule has 4 nitrogen and oxygen atoms in total.